The molecule has 3 rings (SSSR count). The van der Waals surface area contributed by atoms with Crippen molar-refractivity contribution in [3.63, 3.8) is 0 Å². The summed E-state index contributed by atoms with van der Waals surface area (Å²) in [5.41, 5.74) is 3.74. The van der Waals surface area contributed by atoms with Gasteiger partial charge in [0, 0.05) is 45.6 Å². The first-order chi connectivity index (χ1) is 12.0. The molecule has 3 aromatic rings. The molecule has 2 heterocycles. The third-order valence-corrected chi connectivity index (χ3v) is 5.38. The minimum atomic E-state index is -0.902. The van der Waals surface area contributed by atoms with Gasteiger partial charge in [0.1, 0.15) is 0 Å². The third-order valence-electron chi connectivity index (χ3n) is 4.25. The van der Waals surface area contributed by atoms with Gasteiger partial charge in [0.2, 0.25) is 0 Å². The number of thiophene rings is 1. The number of rotatable bonds is 6. The maximum absolute atomic E-state index is 11.8. The van der Waals surface area contributed by atoms with Gasteiger partial charge in [-0.3, -0.25) is 0 Å². The SMILES string of the molecule is Cc1c(CNCc2cccs2)c(C(=O)O)c(C)n1-c1ccc(Cl)cc1. The average Bonchev–Trinajstić information content (AvgIpc) is 3.16. The number of aromatic nitrogens is 1. The fourth-order valence-electron chi connectivity index (χ4n) is 3.10. The Morgan fingerprint density at radius 1 is 1.16 bits per heavy atom. The molecule has 130 valence electrons. The molecule has 1 aromatic carbocycles. The van der Waals surface area contributed by atoms with Gasteiger partial charge in [-0.15, -0.1) is 11.3 Å². The fraction of sp³-hybridized carbons (Fsp3) is 0.211. The molecule has 25 heavy (non-hydrogen) atoms. The van der Waals surface area contributed by atoms with Gasteiger partial charge in [-0.2, -0.15) is 0 Å². The van der Waals surface area contributed by atoms with Crippen molar-refractivity contribution >= 4 is 28.9 Å². The maximum Gasteiger partial charge on any atom is 0.337 e. The van der Waals surface area contributed by atoms with Crippen LogP contribution in [0.15, 0.2) is 41.8 Å². The summed E-state index contributed by atoms with van der Waals surface area (Å²) in [4.78, 5) is 13.1. The van der Waals surface area contributed by atoms with Crippen molar-refractivity contribution in [2.75, 3.05) is 0 Å². The second kappa shape index (κ2) is 7.44. The van der Waals surface area contributed by atoms with E-state index in [0.717, 1.165) is 29.2 Å². The second-order valence-corrected chi connectivity index (χ2v) is 7.29. The number of halogens is 1. The molecule has 0 spiro atoms. The Bertz CT molecular complexity index is 883. The van der Waals surface area contributed by atoms with Crippen LogP contribution in [0.4, 0.5) is 0 Å². The van der Waals surface area contributed by atoms with Crippen molar-refractivity contribution in [2.24, 2.45) is 0 Å². The van der Waals surface area contributed by atoms with E-state index in [1.54, 1.807) is 11.3 Å². The highest BCUT2D eigenvalue weighted by Crippen LogP contribution is 2.27. The number of benzene rings is 1. The highest BCUT2D eigenvalue weighted by Gasteiger charge is 2.23. The molecule has 6 heteroatoms. The second-order valence-electron chi connectivity index (χ2n) is 5.82. The molecule has 0 aliphatic heterocycles. The average molecular weight is 375 g/mol. The van der Waals surface area contributed by atoms with Crippen LogP contribution in [-0.4, -0.2) is 15.6 Å². The van der Waals surface area contributed by atoms with Crippen LogP contribution < -0.4 is 5.32 Å². The van der Waals surface area contributed by atoms with Gasteiger partial charge in [-0.1, -0.05) is 17.7 Å². The standard InChI is InChI=1S/C19H19ClN2O2S/c1-12-17(11-21-10-16-4-3-9-25-16)18(19(23)24)13(2)22(12)15-7-5-14(20)6-8-15/h3-9,21H,10-11H2,1-2H3,(H,23,24). The summed E-state index contributed by atoms with van der Waals surface area (Å²) in [6.07, 6.45) is 0. The lowest BCUT2D eigenvalue weighted by Gasteiger charge is -2.10. The number of carboxylic acids is 1. The normalized spacial score (nSPS) is 11.0. The molecule has 0 saturated carbocycles. The van der Waals surface area contributed by atoms with E-state index in [2.05, 4.69) is 11.4 Å². The van der Waals surface area contributed by atoms with Crippen molar-refractivity contribution in [2.45, 2.75) is 26.9 Å². The van der Waals surface area contributed by atoms with Gasteiger partial charge < -0.3 is 15.0 Å². The summed E-state index contributed by atoms with van der Waals surface area (Å²) in [6, 6.07) is 11.5. The first kappa shape index (κ1) is 17.7. The van der Waals surface area contributed by atoms with E-state index in [1.807, 2.05) is 54.1 Å². The molecule has 0 atom stereocenters. The van der Waals surface area contributed by atoms with Crippen molar-refractivity contribution in [1.29, 1.82) is 0 Å². The molecule has 2 aromatic heterocycles. The number of carboxylic acid groups (broad SMARTS) is 1. The summed E-state index contributed by atoms with van der Waals surface area (Å²) < 4.78 is 1.97. The van der Waals surface area contributed by atoms with Crippen LogP contribution in [0, 0.1) is 13.8 Å². The minimum absolute atomic E-state index is 0.367. The zero-order valence-electron chi connectivity index (χ0n) is 14.0. The minimum Gasteiger partial charge on any atom is -0.478 e. The predicted octanol–water partition coefficient (Wildman–Crippen LogP) is 4.80. The smallest absolute Gasteiger partial charge is 0.337 e. The molecular formula is C19H19ClN2O2S. The molecule has 0 aliphatic carbocycles. The van der Waals surface area contributed by atoms with Crippen molar-refractivity contribution in [1.82, 2.24) is 9.88 Å². The summed E-state index contributed by atoms with van der Waals surface area (Å²) >= 11 is 7.65. The van der Waals surface area contributed by atoms with E-state index in [9.17, 15) is 9.90 Å². The van der Waals surface area contributed by atoms with Crippen LogP contribution in [0.1, 0.15) is 32.2 Å². The Hall–Kier alpha value is -2.08. The largest absolute Gasteiger partial charge is 0.478 e. The van der Waals surface area contributed by atoms with Gasteiger partial charge in [-0.25, -0.2) is 4.79 Å². The van der Waals surface area contributed by atoms with Crippen LogP contribution in [0.25, 0.3) is 5.69 Å². The van der Waals surface area contributed by atoms with Gasteiger partial charge in [0.05, 0.1) is 5.56 Å². The number of aromatic carboxylic acids is 1. The van der Waals surface area contributed by atoms with E-state index in [0.29, 0.717) is 17.1 Å². The summed E-state index contributed by atoms with van der Waals surface area (Å²) in [5, 5.41) is 15.7. The topological polar surface area (TPSA) is 54.3 Å². The van der Waals surface area contributed by atoms with Crippen LogP contribution in [-0.2, 0) is 13.1 Å². The van der Waals surface area contributed by atoms with E-state index in [-0.39, 0.29) is 0 Å². The van der Waals surface area contributed by atoms with Gasteiger partial charge in [0.15, 0.2) is 0 Å². The molecule has 4 nitrogen and oxygen atoms in total. The van der Waals surface area contributed by atoms with E-state index in [1.165, 1.54) is 4.88 Å². The predicted molar refractivity (Wildman–Crippen MR) is 102 cm³/mol. The number of hydrogen-bond acceptors (Lipinski definition) is 3. The van der Waals surface area contributed by atoms with Gasteiger partial charge in [0.25, 0.3) is 0 Å². The van der Waals surface area contributed by atoms with Crippen LogP contribution in [0.2, 0.25) is 5.02 Å². The maximum atomic E-state index is 11.8. The Morgan fingerprint density at radius 3 is 2.48 bits per heavy atom. The molecule has 2 N–H and O–H groups in total. The molecule has 0 aliphatic rings. The molecular weight excluding hydrogens is 356 g/mol. The Morgan fingerprint density at radius 2 is 1.88 bits per heavy atom. The molecule has 0 bridgehead atoms. The zero-order chi connectivity index (χ0) is 18.0. The molecule has 0 amide bonds. The van der Waals surface area contributed by atoms with E-state index < -0.39 is 5.97 Å². The summed E-state index contributed by atoms with van der Waals surface area (Å²) in [7, 11) is 0. The monoisotopic (exact) mass is 374 g/mol. The molecule has 0 radical (unpaired) electrons. The molecule has 0 saturated heterocycles. The third kappa shape index (κ3) is 3.63. The van der Waals surface area contributed by atoms with Crippen molar-refractivity contribution in [3.8, 4) is 5.69 Å². The Labute approximate surface area is 155 Å². The highest BCUT2D eigenvalue weighted by molar-refractivity contribution is 7.09. The highest BCUT2D eigenvalue weighted by atomic mass is 35.5. The number of nitrogens with one attached hydrogen (secondary N) is 1. The van der Waals surface area contributed by atoms with Crippen LogP contribution >= 0.6 is 22.9 Å². The quantitative estimate of drug-likeness (QED) is 0.651. The number of carbonyl (C=O) groups is 1. The van der Waals surface area contributed by atoms with E-state index >= 15 is 0 Å². The van der Waals surface area contributed by atoms with Crippen LogP contribution in [0.3, 0.4) is 0 Å². The molecule has 0 fully saturated rings. The number of nitrogens with zero attached hydrogens (tertiary/aromatic N) is 1. The first-order valence-electron chi connectivity index (χ1n) is 7.92. The van der Waals surface area contributed by atoms with Crippen LogP contribution in [0.5, 0.6) is 0 Å². The zero-order valence-corrected chi connectivity index (χ0v) is 15.6. The van der Waals surface area contributed by atoms with Crippen molar-refractivity contribution in [3.05, 3.63) is 74.2 Å². The lowest BCUT2D eigenvalue weighted by molar-refractivity contribution is 0.0695. The summed E-state index contributed by atoms with van der Waals surface area (Å²) in [6.45, 7) is 5.03. The number of hydrogen-bond donors (Lipinski definition) is 2. The van der Waals surface area contributed by atoms with Crippen molar-refractivity contribution < 1.29 is 9.90 Å². The molecule has 0 unspecified atom stereocenters. The lowest BCUT2D eigenvalue weighted by atomic mass is 10.1. The van der Waals surface area contributed by atoms with Gasteiger partial charge >= 0.3 is 5.97 Å². The van der Waals surface area contributed by atoms with Gasteiger partial charge in [-0.05, 0) is 49.6 Å². The lowest BCUT2D eigenvalue weighted by Crippen LogP contribution is -2.15. The first-order valence-corrected chi connectivity index (χ1v) is 9.18. The Balaban J connectivity index is 1.95. The Kier molecular flexibility index (Phi) is 5.27. The van der Waals surface area contributed by atoms with E-state index in [4.69, 9.17) is 11.6 Å². The fourth-order valence-corrected chi connectivity index (χ4v) is 3.90. The summed E-state index contributed by atoms with van der Waals surface area (Å²) in [5.74, 6) is -0.902.